The highest BCUT2D eigenvalue weighted by atomic mass is 32.1. The molecule has 0 radical (unpaired) electrons. The maximum Gasteiger partial charge on any atom is 0.257 e. The molecule has 0 spiro atoms. The molecule has 3 rings (SSSR count). The first kappa shape index (κ1) is 20.5. The average molecular weight is 410 g/mol. The van der Waals surface area contributed by atoms with Gasteiger partial charge in [-0.1, -0.05) is 48.0 Å². The van der Waals surface area contributed by atoms with Gasteiger partial charge in [0.05, 0.1) is 5.92 Å². The number of benzene rings is 2. The number of aryl methyl sites for hydroxylation is 1. The summed E-state index contributed by atoms with van der Waals surface area (Å²) in [5.74, 6) is -1.26. The van der Waals surface area contributed by atoms with E-state index in [1.807, 2.05) is 43.3 Å². The minimum atomic E-state index is -0.478. The number of rotatable bonds is 4. The molecule has 3 N–H and O–H groups in total. The molecule has 1 atom stereocenters. The molecule has 2 aromatic rings. The fourth-order valence-electron chi connectivity index (χ4n) is 3.12. The zero-order chi connectivity index (χ0) is 20.8. The molecule has 0 saturated carbocycles. The summed E-state index contributed by atoms with van der Waals surface area (Å²) in [7, 11) is 0. The molecule has 8 heteroatoms. The SMILES string of the molecule is Cc1cccc(C(=O)NC(=S)NNC(=O)C2CC(=O)N(Cc3ccccc3)C2)c1. The lowest BCUT2D eigenvalue weighted by Gasteiger charge is -2.17. The topological polar surface area (TPSA) is 90.5 Å². The number of carbonyl (C=O) groups is 3. The summed E-state index contributed by atoms with van der Waals surface area (Å²) in [5.41, 5.74) is 7.44. The summed E-state index contributed by atoms with van der Waals surface area (Å²) in [4.78, 5) is 38.4. The molecule has 0 aliphatic carbocycles. The Bertz CT molecular complexity index is 933. The number of thiocarbonyl (C=S) groups is 1. The minimum absolute atomic E-state index is 0.0182. The third-order valence-corrected chi connectivity index (χ3v) is 4.81. The Kier molecular flexibility index (Phi) is 6.56. The number of nitrogens with zero attached hydrogens (tertiary/aromatic N) is 1. The fourth-order valence-corrected chi connectivity index (χ4v) is 3.26. The normalized spacial score (nSPS) is 15.7. The van der Waals surface area contributed by atoms with Crippen LogP contribution in [0.2, 0.25) is 0 Å². The van der Waals surface area contributed by atoms with Crippen LogP contribution in [0.4, 0.5) is 0 Å². The van der Waals surface area contributed by atoms with Gasteiger partial charge >= 0.3 is 0 Å². The van der Waals surface area contributed by atoms with Crippen LogP contribution in [0.25, 0.3) is 0 Å². The molecule has 150 valence electrons. The highest BCUT2D eigenvalue weighted by Crippen LogP contribution is 2.20. The van der Waals surface area contributed by atoms with Gasteiger partial charge in [0.25, 0.3) is 5.91 Å². The largest absolute Gasteiger partial charge is 0.338 e. The van der Waals surface area contributed by atoms with Gasteiger partial charge in [-0.25, -0.2) is 0 Å². The molecule has 2 aromatic carbocycles. The van der Waals surface area contributed by atoms with Crippen LogP contribution in [-0.2, 0) is 16.1 Å². The van der Waals surface area contributed by atoms with Crippen LogP contribution in [-0.4, -0.2) is 34.3 Å². The predicted molar refractivity (Wildman–Crippen MR) is 112 cm³/mol. The van der Waals surface area contributed by atoms with E-state index < -0.39 is 5.92 Å². The first-order valence-corrected chi connectivity index (χ1v) is 9.63. The van der Waals surface area contributed by atoms with Crippen molar-refractivity contribution in [2.75, 3.05) is 6.54 Å². The molecule has 1 heterocycles. The lowest BCUT2D eigenvalue weighted by atomic mass is 10.1. The van der Waals surface area contributed by atoms with Crippen molar-refractivity contribution in [1.82, 2.24) is 21.1 Å². The van der Waals surface area contributed by atoms with Crippen molar-refractivity contribution in [3.8, 4) is 0 Å². The van der Waals surface area contributed by atoms with Crippen molar-refractivity contribution >= 4 is 35.1 Å². The number of hydrogen-bond acceptors (Lipinski definition) is 4. The second kappa shape index (κ2) is 9.29. The first-order chi connectivity index (χ1) is 13.9. The lowest BCUT2D eigenvalue weighted by Crippen LogP contribution is -2.50. The van der Waals surface area contributed by atoms with Crippen LogP contribution in [0, 0.1) is 12.8 Å². The Morgan fingerprint density at radius 3 is 2.59 bits per heavy atom. The highest BCUT2D eigenvalue weighted by Gasteiger charge is 2.34. The highest BCUT2D eigenvalue weighted by molar-refractivity contribution is 7.80. The van der Waals surface area contributed by atoms with Gasteiger partial charge < -0.3 is 4.90 Å². The van der Waals surface area contributed by atoms with Gasteiger partial charge in [0.1, 0.15) is 0 Å². The number of hydrogen-bond donors (Lipinski definition) is 3. The first-order valence-electron chi connectivity index (χ1n) is 9.22. The molecule has 0 aromatic heterocycles. The van der Waals surface area contributed by atoms with E-state index in [9.17, 15) is 14.4 Å². The Hall–Kier alpha value is -3.26. The van der Waals surface area contributed by atoms with Crippen LogP contribution >= 0.6 is 12.2 Å². The van der Waals surface area contributed by atoms with E-state index in [0.29, 0.717) is 18.7 Å². The third kappa shape index (κ3) is 5.61. The smallest absolute Gasteiger partial charge is 0.257 e. The van der Waals surface area contributed by atoms with Gasteiger partial charge in [0.15, 0.2) is 5.11 Å². The Morgan fingerprint density at radius 2 is 1.86 bits per heavy atom. The Balaban J connectivity index is 1.46. The molecule has 1 unspecified atom stereocenters. The molecule has 7 nitrogen and oxygen atoms in total. The molecule has 1 fully saturated rings. The van der Waals surface area contributed by atoms with E-state index in [0.717, 1.165) is 11.1 Å². The van der Waals surface area contributed by atoms with Crippen LogP contribution < -0.4 is 16.2 Å². The number of carbonyl (C=O) groups excluding carboxylic acids is 3. The van der Waals surface area contributed by atoms with Gasteiger partial charge in [-0.15, -0.1) is 0 Å². The summed E-state index contributed by atoms with van der Waals surface area (Å²) >= 11 is 5.05. The second-order valence-corrected chi connectivity index (χ2v) is 7.34. The third-order valence-electron chi connectivity index (χ3n) is 4.61. The predicted octanol–water partition coefficient (Wildman–Crippen LogP) is 1.68. The number of hydrazine groups is 1. The summed E-state index contributed by atoms with van der Waals surface area (Å²) in [6.45, 7) is 2.70. The summed E-state index contributed by atoms with van der Waals surface area (Å²) < 4.78 is 0. The number of nitrogens with one attached hydrogen (secondary N) is 3. The summed E-state index contributed by atoms with van der Waals surface area (Å²) in [5, 5.41) is 2.49. The molecule has 0 bridgehead atoms. The number of likely N-dealkylation sites (tertiary alicyclic amines) is 1. The fraction of sp³-hybridized carbons (Fsp3) is 0.238. The van der Waals surface area contributed by atoms with Crippen molar-refractivity contribution in [2.45, 2.75) is 19.9 Å². The van der Waals surface area contributed by atoms with Gasteiger partial charge in [-0.2, -0.15) is 0 Å². The van der Waals surface area contributed by atoms with E-state index >= 15 is 0 Å². The molecule has 1 saturated heterocycles. The van der Waals surface area contributed by atoms with Crippen LogP contribution in [0.1, 0.15) is 27.9 Å². The summed E-state index contributed by atoms with van der Waals surface area (Å²) in [6, 6.07) is 16.7. The number of amides is 3. The van der Waals surface area contributed by atoms with Crippen molar-refractivity contribution in [1.29, 1.82) is 0 Å². The maximum absolute atomic E-state index is 12.4. The van der Waals surface area contributed by atoms with Gasteiger partial charge in [-0.05, 0) is 36.8 Å². The quantitative estimate of drug-likeness (QED) is 0.527. The lowest BCUT2D eigenvalue weighted by molar-refractivity contribution is -0.129. The molecular weight excluding hydrogens is 388 g/mol. The zero-order valence-electron chi connectivity index (χ0n) is 16.0. The van der Waals surface area contributed by atoms with Gasteiger partial charge in [0.2, 0.25) is 11.8 Å². The van der Waals surface area contributed by atoms with E-state index in [1.165, 1.54) is 0 Å². The van der Waals surface area contributed by atoms with Crippen molar-refractivity contribution in [3.05, 3.63) is 71.3 Å². The molecule has 1 aliphatic heterocycles. The Morgan fingerprint density at radius 1 is 1.10 bits per heavy atom. The molecule has 29 heavy (non-hydrogen) atoms. The van der Waals surface area contributed by atoms with E-state index in [4.69, 9.17) is 12.2 Å². The maximum atomic E-state index is 12.4. The minimum Gasteiger partial charge on any atom is -0.338 e. The van der Waals surface area contributed by atoms with E-state index in [1.54, 1.807) is 23.1 Å². The average Bonchev–Trinajstić information content (AvgIpc) is 3.07. The molecule has 1 aliphatic rings. The standard InChI is InChI=1S/C21H22N4O3S/c1-14-6-5-9-16(10-14)19(27)22-21(29)24-23-20(28)17-11-18(26)25(13-17)12-15-7-3-2-4-8-15/h2-10,17H,11-13H2,1H3,(H,23,28)(H2,22,24,27,29). The van der Waals surface area contributed by atoms with Crippen LogP contribution in [0.3, 0.4) is 0 Å². The van der Waals surface area contributed by atoms with Crippen LogP contribution in [0.15, 0.2) is 54.6 Å². The molecule has 3 amide bonds. The van der Waals surface area contributed by atoms with Gasteiger partial charge in [0, 0.05) is 25.1 Å². The van der Waals surface area contributed by atoms with Gasteiger partial charge in [-0.3, -0.25) is 30.6 Å². The van der Waals surface area contributed by atoms with Crippen molar-refractivity contribution in [2.24, 2.45) is 5.92 Å². The second-order valence-electron chi connectivity index (χ2n) is 6.93. The summed E-state index contributed by atoms with van der Waals surface area (Å²) in [6.07, 6.45) is 0.142. The van der Waals surface area contributed by atoms with E-state index in [2.05, 4.69) is 16.2 Å². The van der Waals surface area contributed by atoms with E-state index in [-0.39, 0.29) is 29.3 Å². The van der Waals surface area contributed by atoms with Crippen molar-refractivity contribution < 1.29 is 14.4 Å². The van der Waals surface area contributed by atoms with Crippen molar-refractivity contribution in [3.63, 3.8) is 0 Å². The monoisotopic (exact) mass is 410 g/mol. The Labute approximate surface area is 174 Å². The zero-order valence-corrected chi connectivity index (χ0v) is 16.8. The van der Waals surface area contributed by atoms with Crippen LogP contribution in [0.5, 0.6) is 0 Å². The molecular formula is C21H22N4O3S.